The fraction of sp³-hybridized carbons (Fsp3) is 0.769. The van der Waals surface area contributed by atoms with Crippen molar-refractivity contribution in [3.05, 3.63) is 12.3 Å². The van der Waals surface area contributed by atoms with Gasteiger partial charge in [-0.2, -0.15) is 0 Å². The molecule has 0 heterocycles. The van der Waals surface area contributed by atoms with Crippen LogP contribution in [0.4, 0.5) is 4.79 Å². The maximum absolute atomic E-state index is 11.6. The lowest BCUT2D eigenvalue weighted by Crippen LogP contribution is -2.46. The Morgan fingerprint density at radius 2 is 2.06 bits per heavy atom. The van der Waals surface area contributed by atoms with E-state index in [9.17, 15) is 15.0 Å². The molecule has 1 aliphatic rings. The van der Waals surface area contributed by atoms with E-state index in [0.717, 1.165) is 12.8 Å². The average molecular weight is 257 g/mol. The van der Waals surface area contributed by atoms with E-state index in [1.807, 2.05) is 0 Å². The van der Waals surface area contributed by atoms with Crippen LogP contribution in [-0.2, 0) is 4.74 Å². The second-order valence-corrected chi connectivity index (χ2v) is 5.87. The third kappa shape index (κ3) is 5.40. The zero-order chi connectivity index (χ0) is 13.9. The third-order valence-corrected chi connectivity index (χ3v) is 2.71. The van der Waals surface area contributed by atoms with Crippen molar-refractivity contribution in [2.75, 3.05) is 0 Å². The highest BCUT2D eigenvalue weighted by atomic mass is 16.6. The number of hydrogen-bond acceptors (Lipinski definition) is 4. The summed E-state index contributed by atoms with van der Waals surface area (Å²) in [5.74, 6) is 0.163. The van der Waals surface area contributed by atoms with Crippen LogP contribution < -0.4 is 5.32 Å². The number of carbonyl (C=O) groups is 1. The van der Waals surface area contributed by atoms with Crippen LogP contribution in [0.1, 0.15) is 40.0 Å². The van der Waals surface area contributed by atoms with Crippen LogP contribution in [0.5, 0.6) is 0 Å². The first-order chi connectivity index (χ1) is 8.19. The molecule has 0 radical (unpaired) electrons. The van der Waals surface area contributed by atoms with Crippen LogP contribution in [0.25, 0.3) is 0 Å². The minimum Gasteiger partial charge on any atom is -0.510 e. The Hall–Kier alpha value is -1.23. The molecular weight excluding hydrogens is 234 g/mol. The first-order valence-corrected chi connectivity index (χ1v) is 6.24. The molecule has 1 aliphatic carbocycles. The quantitative estimate of drug-likeness (QED) is 0.659. The summed E-state index contributed by atoms with van der Waals surface area (Å²) >= 11 is 0. The first kappa shape index (κ1) is 14.8. The van der Waals surface area contributed by atoms with Gasteiger partial charge in [-0.15, -0.1) is 0 Å². The molecule has 18 heavy (non-hydrogen) atoms. The van der Waals surface area contributed by atoms with Gasteiger partial charge in [0.25, 0.3) is 0 Å². The van der Waals surface area contributed by atoms with Crippen molar-refractivity contribution in [2.45, 2.75) is 57.8 Å². The molecule has 0 spiro atoms. The molecule has 1 amide bonds. The Labute approximate surface area is 108 Å². The SMILES string of the molecule is C=C(O)C(O)C(CC1CC1)NC(=O)OC(C)(C)C. The van der Waals surface area contributed by atoms with Gasteiger partial charge in [-0.3, -0.25) is 0 Å². The molecular formula is C13H23NO4. The lowest BCUT2D eigenvalue weighted by atomic mass is 10.0. The molecule has 0 bridgehead atoms. The van der Waals surface area contributed by atoms with Gasteiger partial charge in [-0.05, 0) is 33.1 Å². The van der Waals surface area contributed by atoms with Gasteiger partial charge in [0.2, 0.25) is 0 Å². The monoisotopic (exact) mass is 257 g/mol. The molecule has 5 nitrogen and oxygen atoms in total. The maximum atomic E-state index is 11.6. The Morgan fingerprint density at radius 3 is 2.44 bits per heavy atom. The fourth-order valence-corrected chi connectivity index (χ4v) is 1.67. The van der Waals surface area contributed by atoms with Gasteiger partial charge in [0, 0.05) is 0 Å². The summed E-state index contributed by atoms with van der Waals surface area (Å²) in [7, 11) is 0. The number of rotatable bonds is 5. The van der Waals surface area contributed by atoms with Crippen LogP contribution in [0.15, 0.2) is 12.3 Å². The van der Waals surface area contributed by atoms with Gasteiger partial charge >= 0.3 is 6.09 Å². The van der Waals surface area contributed by atoms with Gasteiger partial charge in [0.05, 0.1) is 6.04 Å². The van der Waals surface area contributed by atoms with E-state index >= 15 is 0 Å². The summed E-state index contributed by atoms with van der Waals surface area (Å²) < 4.78 is 5.13. The van der Waals surface area contributed by atoms with Crippen LogP contribution in [0, 0.1) is 5.92 Å². The number of carbonyl (C=O) groups excluding carboxylic acids is 1. The highest BCUT2D eigenvalue weighted by molar-refractivity contribution is 5.68. The van der Waals surface area contributed by atoms with Crippen LogP contribution in [0.2, 0.25) is 0 Å². The van der Waals surface area contributed by atoms with E-state index in [-0.39, 0.29) is 5.76 Å². The second-order valence-electron chi connectivity index (χ2n) is 5.87. The predicted molar refractivity (Wildman–Crippen MR) is 68.3 cm³/mol. The van der Waals surface area contributed by atoms with Crippen molar-refractivity contribution in [1.82, 2.24) is 5.32 Å². The molecule has 0 aliphatic heterocycles. The van der Waals surface area contributed by atoms with E-state index in [1.165, 1.54) is 0 Å². The normalized spacial score (nSPS) is 18.9. The van der Waals surface area contributed by atoms with Crippen LogP contribution in [-0.4, -0.2) is 34.1 Å². The van der Waals surface area contributed by atoms with E-state index in [2.05, 4.69) is 11.9 Å². The van der Waals surface area contributed by atoms with Gasteiger partial charge < -0.3 is 20.3 Å². The standard InChI is InChI=1S/C13H23NO4/c1-8(15)11(16)10(7-9-5-6-9)14-12(17)18-13(2,3)4/h9-11,15-16H,1,5-7H2,2-4H3,(H,14,17). The molecule has 2 atom stereocenters. The summed E-state index contributed by atoms with van der Waals surface area (Å²) in [4.78, 5) is 11.6. The van der Waals surface area contributed by atoms with Crippen molar-refractivity contribution < 1.29 is 19.7 Å². The Balaban J connectivity index is 2.54. The average Bonchev–Trinajstić information content (AvgIpc) is 2.96. The highest BCUT2D eigenvalue weighted by Crippen LogP contribution is 2.34. The van der Waals surface area contributed by atoms with Gasteiger partial charge in [0.1, 0.15) is 17.5 Å². The molecule has 104 valence electrons. The van der Waals surface area contributed by atoms with Gasteiger partial charge in [-0.1, -0.05) is 19.4 Å². The summed E-state index contributed by atoms with van der Waals surface area (Å²) in [5.41, 5.74) is -0.588. The minimum atomic E-state index is -1.15. The Kier molecular flexibility index (Phi) is 4.62. The molecule has 2 unspecified atom stereocenters. The number of nitrogens with one attached hydrogen (secondary N) is 1. The van der Waals surface area contributed by atoms with Gasteiger partial charge in [-0.25, -0.2) is 4.79 Å². The largest absolute Gasteiger partial charge is 0.510 e. The van der Waals surface area contributed by atoms with E-state index in [4.69, 9.17) is 4.74 Å². The fourth-order valence-electron chi connectivity index (χ4n) is 1.67. The van der Waals surface area contributed by atoms with E-state index in [1.54, 1.807) is 20.8 Å². The molecule has 3 N–H and O–H groups in total. The summed E-state index contributed by atoms with van der Waals surface area (Å²) in [6.07, 6.45) is 1.07. The topological polar surface area (TPSA) is 78.8 Å². The summed E-state index contributed by atoms with van der Waals surface area (Å²) in [6, 6.07) is -0.551. The number of ether oxygens (including phenoxy) is 1. The number of hydrogen-bond donors (Lipinski definition) is 3. The molecule has 1 saturated carbocycles. The molecule has 0 aromatic rings. The molecule has 1 fully saturated rings. The smallest absolute Gasteiger partial charge is 0.407 e. The third-order valence-electron chi connectivity index (χ3n) is 2.71. The minimum absolute atomic E-state index is 0.336. The number of aliphatic hydroxyl groups is 2. The molecule has 0 saturated heterocycles. The highest BCUT2D eigenvalue weighted by Gasteiger charge is 2.32. The van der Waals surface area contributed by atoms with Crippen molar-refractivity contribution >= 4 is 6.09 Å². The number of alkyl carbamates (subject to hydrolysis) is 1. The van der Waals surface area contributed by atoms with E-state index in [0.29, 0.717) is 12.3 Å². The Morgan fingerprint density at radius 1 is 1.50 bits per heavy atom. The van der Waals surface area contributed by atoms with E-state index < -0.39 is 23.8 Å². The molecule has 1 rings (SSSR count). The predicted octanol–water partition coefficient (Wildman–Crippen LogP) is 2.11. The molecule has 0 aromatic carbocycles. The maximum Gasteiger partial charge on any atom is 0.407 e. The first-order valence-electron chi connectivity index (χ1n) is 6.24. The number of aliphatic hydroxyl groups excluding tert-OH is 2. The number of amides is 1. The van der Waals surface area contributed by atoms with Crippen molar-refractivity contribution in [1.29, 1.82) is 0 Å². The molecule has 0 aromatic heterocycles. The summed E-state index contributed by atoms with van der Waals surface area (Å²) in [5, 5.41) is 21.6. The van der Waals surface area contributed by atoms with Gasteiger partial charge in [0.15, 0.2) is 0 Å². The second kappa shape index (κ2) is 5.61. The van der Waals surface area contributed by atoms with Crippen LogP contribution >= 0.6 is 0 Å². The lowest BCUT2D eigenvalue weighted by molar-refractivity contribution is 0.0407. The van der Waals surface area contributed by atoms with Crippen LogP contribution in [0.3, 0.4) is 0 Å². The lowest BCUT2D eigenvalue weighted by Gasteiger charge is -2.26. The Bertz CT molecular complexity index is 317. The van der Waals surface area contributed by atoms with Crippen molar-refractivity contribution in [3.63, 3.8) is 0 Å². The van der Waals surface area contributed by atoms with Crippen molar-refractivity contribution in [3.8, 4) is 0 Å². The zero-order valence-electron chi connectivity index (χ0n) is 11.3. The zero-order valence-corrected chi connectivity index (χ0v) is 11.3. The molecule has 5 heteroatoms. The van der Waals surface area contributed by atoms with Crippen molar-refractivity contribution in [2.24, 2.45) is 5.92 Å². The summed E-state index contributed by atoms with van der Waals surface area (Å²) in [6.45, 7) is 8.60.